The Balaban J connectivity index is 1.67. The molecule has 0 amide bonds. The Hall–Kier alpha value is -3.22. The van der Waals surface area contributed by atoms with Crippen LogP contribution in [-0.2, 0) is 13.1 Å². The molecule has 29 heavy (non-hydrogen) atoms. The van der Waals surface area contributed by atoms with Gasteiger partial charge in [0.25, 0.3) is 0 Å². The van der Waals surface area contributed by atoms with Gasteiger partial charge in [0.2, 0.25) is 0 Å². The number of halogens is 1. The maximum atomic E-state index is 13.9. The molecule has 0 radical (unpaired) electrons. The third kappa shape index (κ3) is 5.88. The normalized spacial score (nSPS) is 12.6. The van der Waals surface area contributed by atoms with Crippen molar-refractivity contribution < 1.29 is 4.39 Å². The van der Waals surface area contributed by atoms with Crippen LogP contribution in [0.4, 0.5) is 4.39 Å². The topological polar surface area (TPSA) is 67.1 Å². The number of hydrogen-bond donors (Lipinski definition) is 2. The second-order valence-electron chi connectivity index (χ2n) is 6.98. The minimum Gasteiger partial charge on any atom is -0.357 e. The molecule has 1 heterocycles. The van der Waals surface area contributed by atoms with Crippen molar-refractivity contribution in [2.75, 3.05) is 6.54 Å². The van der Waals surface area contributed by atoms with E-state index in [9.17, 15) is 4.39 Å². The molecule has 0 saturated carbocycles. The highest BCUT2D eigenvalue weighted by molar-refractivity contribution is 5.80. The quantitative estimate of drug-likeness (QED) is 0.475. The summed E-state index contributed by atoms with van der Waals surface area (Å²) in [5.41, 5.74) is 3.78. The standard InChI is InChI=1S/C22H27FN6/c1-4-25-22(28-17(3)20-9-8-16(2)21(23)11-20)26-12-18-6-5-7-19(10-18)13-29-15-24-14-27-29/h5-11,14-15,17H,4,12-13H2,1-3H3,(H2,25,26,28). The average molecular weight is 394 g/mol. The molecule has 1 unspecified atom stereocenters. The Morgan fingerprint density at radius 2 is 2.03 bits per heavy atom. The monoisotopic (exact) mass is 394 g/mol. The predicted octanol–water partition coefficient (Wildman–Crippen LogP) is 3.59. The van der Waals surface area contributed by atoms with Gasteiger partial charge in [-0.25, -0.2) is 19.0 Å². The molecule has 152 valence electrons. The van der Waals surface area contributed by atoms with Crippen molar-refractivity contribution in [2.24, 2.45) is 4.99 Å². The van der Waals surface area contributed by atoms with E-state index in [-0.39, 0.29) is 11.9 Å². The van der Waals surface area contributed by atoms with E-state index in [1.54, 1.807) is 30.1 Å². The SMILES string of the molecule is CCNC(=NCc1cccc(Cn2cncn2)c1)NC(C)c1ccc(C)c(F)c1. The fourth-order valence-corrected chi connectivity index (χ4v) is 2.99. The number of nitrogens with one attached hydrogen (secondary N) is 2. The van der Waals surface area contributed by atoms with Gasteiger partial charge in [-0.3, -0.25) is 0 Å². The first-order valence-electron chi connectivity index (χ1n) is 9.76. The lowest BCUT2D eigenvalue weighted by Crippen LogP contribution is -2.38. The number of aliphatic imine (C=N–C) groups is 1. The van der Waals surface area contributed by atoms with Gasteiger partial charge in [-0.15, -0.1) is 0 Å². The molecule has 0 fully saturated rings. The second-order valence-corrected chi connectivity index (χ2v) is 6.98. The molecule has 3 rings (SSSR count). The fraction of sp³-hybridized carbons (Fsp3) is 0.318. The Kier molecular flexibility index (Phi) is 6.94. The number of nitrogens with zero attached hydrogens (tertiary/aromatic N) is 4. The molecule has 0 aliphatic rings. The number of rotatable bonds is 7. The lowest BCUT2D eigenvalue weighted by molar-refractivity contribution is 0.607. The molecule has 0 bridgehead atoms. The summed E-state index contributed by atoms with van der Waals surface area (Å²) in [4.78, 5) is 8.67. The van der Waals surface area contributed by atoms with Crippen LogP contribution in [0.25, 0.3) is 0 Å². The van der Waals surface area contributed by atoms with Gasteiger partial charge in [0.05, 0.1) is 19.1 Å². The van der Waals surface area contributed by atoms with Gasteiger partial charge in [0, 0.05) is 6.54 Å². The number of benzene rings is 2. The zero-order valence-electron chi connectivity index (χ0n) is 17.1. The zero-order chi connectivity index (χ0) is 20.6. The van der Waals surface area contributed by atoms with E-state index >= 15 is 0 Å². The van der Waals surface area contributed by atoms with Gasteiger partial charge in [0.15, 0.2) is 5.96 Å². The molecule has 0 spiro atoms. The molecule has 2 N–H and O–H groups in total. The maximum Gasteiger partial charge on any atom is 0.192 e. The first-order chi connectivity index (χ1) is 14.0. The molecule has 0 aliphatic heterocycles. The van der Waals surface area contributed by atoms with Gasteiger partial charge in [-0.05, 0) is 49.1 Å². The van der Waals surface area contributed by atoms with Crippen LogP contribution in [0.15, 0.2) is 60.1 Å². The molecule has 0 saturated heterocycles. The minimum absolute atomic E-state index is 0.0680. The van der Waals surface area contributed by atoms with Crippen LogP contribution in [0.3, 0.4) is 0 Å². The van der Waals surface area contributed by atoms with Crippen LogP contribution in [0.5, 0.6) is 0 Å². The van der Waals surface area contributed by atoms with Gasteiger partial charge in [-0.2, -0.15) is 5.10 Å². The highest BCUT2D eigenvalue weighted by atomic mass is 19.1. The highest BCUT2D eigenvalue weighted by Crippen LogP contribution is 2.16. The van der Waals surface area contributed by atoms with Crippen molar-refractivity contribution in [3.63, 3.8) is 0 Å². The number of aromatic nitrogens is 3. The van der Waals surface area contributed by atoms with E-state index in [1.807, 2.05) is 26.0 Å². The van der Waals surface area contributed by atoms with Crippen molar-refractivity contribution in [1.29, 1.82) is 0 Å². The summed E-state index contributed by atoms with van der Waals surface area (Å²) in [5, 5.41) is 10.7. The van der Waals surface area contributed by atoms with Gasteiger partial charge < -0.3 is 10.6 Å². The van der Waals surface area contributed by atoms with Crippen LogP contribution in [0.1, 0.15) is 42.1 Å². The first-order valence-corrected chi connectivity index (χ1v) is 9.76. The summed E-state index contributed by atoms with van der Waals surface area (Å²) in [7, 11) is 0. The number of guanidine groups is 1. The predicted molar refractivity (Wildman–Crippen MR) is 113 cm³/mol. The molecule has 1 aromatic heterocycles. The van der Waals surface area contributed by atoms with Crippen molar-refractivity contribution >= 4 is 5.96 Å². The van der Waals surface area contributed by atoms with E-state index in [2.05, 4.69) is 38.9 Å². The van der Waals surface area contributed by atoms with Crippen LogP contribution in [0.2, 0.25) is 0 Å². The second kappa shape index (κ2) is 9.82. The summed E-state index contributed by atoms with van der Waals surface area (Å²) >= 11 is 0. The first kappa shape index (κ1) is 20.5. The molecule has 1 atom stereocenters. The van der Waals surface area contributed by atoms with Crippen LogP contribution in [-0.4, -0.2) is 27.3 Å². The molecular weight excluding hydrogens is 367 g/mol. The van der Waals surface area contributed by atoms with Gasteiger partial charge in [-0.1, -0.05) is 36.4 Å². The zero-order valence-corrected chi connectivity index (χ0v) is 17.1. The Bertz CT molecular complexity index is 952. The third-order valence-corrected chi connectivity index (χ3v) is 4.62. The molecular formula is C22H27FN6. The van der Waals surface area contributed by atoms with Gasteiger partial charge >= 0.3 is 0 Å². The summed E-state index contributed by atoms with van der Waals surface area (Å²) in [5.74, 6) is 0.505. The highest BCUT2D eigenvalue weighted by Gasteiger charge is 2.10. The molecule has 0 aliphatic carbocycles. The molecule has 2 aromatic carbocycles. The summed E-state index contributed by atoms with van der Waals surface area (Å²) < 4.78 is 15.7. The van der Waals surface area contributed by atoms with Crippen molar-refractivity contribution in [2.45, 2.75) is 39.9 Å². The fourth-order valence-electron chi connectivity index (χ4n) is 2.99. The lowest BCUT2D eigenvalue weighted by atomic mass is 10.1. The maximum absolute atomic E-state index is 13.9. The van der Waals surface area contributed by atoms with E-state index in [1.165, 1.54) is 6.33 Å². The van der Waals surface area contributed by atoms with Crippen molar-refractivity contribution in [3.05, 3.63) is 83.2 Å². The summed E-state index contributed by atoms with van der Waals surface area (Å²) in [6.45, 7) is 7.73. The summed E-state index contributed by atoms with van der Waals surface area (Å²) in [6.07, 6.45) is 3.23. The number of hydrogen-bond acceptors (Lipinski definition) is 3. The van der Waals surface area contributed by atoms with Crippen molar-refractivity contribution in [1.82, 2.24) is 25.4 Å². The van der Waals surface area contributed by atoms with E-state index in [0.717, 1.165) is 23.2 Å². The molecule has 7 heteroatoms. The Labute approximate surface area is 170 Å². The van der Waals surface area contributed by atoms with Gasteiger partial charge in [0.1, 0.15) is 18.5 Å². The van der Waals surface area contributed by atoms with E-state index < -0.39 is 0 Å². The van der Waals surface area contributed by atoms with E-state index in [4.69, 9.17) is 4.99 Å². The van der Waals surface area contributed by atoms with E-state index in [0.29, 0.717) is 24.6 Å². The summed E-state index contributed by atoms with van der Waals surface area (Å²) in [6, 6.07) is 13.5. The third-order valence-electron chi connectivity index (χ3n) is 4.62. The molecule has 6 nitrogen and oxygen atoms in total. The Morgan fingerprint density at radius 3 is 2.76 bits per heavy atom. The number of aryl methyl sites for hydroxylation is 1. The minimum atomic E-state index is -0.192. The van der Waals surface area contributed by atoms with Crippen molar-refractivity contribution in [3.8, 4) is 0 Å². The largest absolute Gasteiger partial charge is 0.357 e. The average Bonchev–Trinajstić information content (AvgIpc) is 3.21. The van der Waals surface area contributed by atoms with Crippen LogP contribution >= 0.6 is 0 Å². The lowest BCUT2D eigenvalue weighted by Gasteiger charge is -2.18. The molecule has 3 aromatic rings. The van der Waals surface area contributed by atoms with Crippen LogP contribution in [0, 0.1) is 12.7 Å². The Morgan fingerprint density at radius 1 is 1.21 bits per heavy atom. The van der Waals surface area contributed by atoms with Crippen LogP contribution < -0.4 is 10.6 Å². The smallest absolute Gasteiger partial charge is 0.192 e.